The van der Waals surface area contributed by atoms with Gasteiger partial charge in [0.2, 0.25) is 5.82 Å². The van der Waals surface area contributed by atoms with Gasteiger partial charge in [0, 0.05) is 30.5 Å². The summed E-state index contributed by atoms with van der Waals surface area (Å²) in [7, 11) is 0.984. The van der Waals surface area contributed by atoms with Gasteiger partial charge in [-0.05, 0) is 37.3 Å². The molecular weight excluding hydrogens is 451 g/mol. The lowest BCUT2D eigenvalue weighted by atomic mass is 10.1. The molecule has 2 N–H and O–H groups in total. The zero-order valence-corrected chi connectivity index (χ0v) is 18.5. The van der Waals surface area contributed by atoms with Crippen LogP contribution in [-0.2, 0) is 4.74 Å². The summed E-state index contributed by atoms with van der Waals surface area (Å²) < 4.78 is 51.6. The minimum Gasteiger partial charge on any atom is -0.491 e. The molecule has 34 heavy (non-hydrogen) atoms. The Morgan fingerprint density at radius 1 is 1.03 bits per heavy atom. The van der Waals surface area contributed by atoms with Crippen LogP contribution in [-0.4, -0.2) is 49.3 Å². The van der Waals surface area contributed by atoms with Gasteiger partial charge in [0.25, 0.3) is 5.91 Å². The molecule has 1 aliphatic rings. The van der Waals surface area contributed by atoms with Crippen LogP contribution in [0.5, 0.6) is 5.75 Å². The molecule has 8 nitrogen and oxygen atoms in total. The Kier molecular flexibility index (Phi) is 6.82. The average Bonchev–Trinajstić information content (AvgIpc) is 2.83. The second kappa shape index (κ2) is 9.96. The maximum atomic E-state index is 14.3. The highest BCUT2D eigenvalue weighted by Gasteiger charge is 2.23. The van der Waals surface area contributed by atoms with Crippen molar-refractivity contribution in [1.29, 1.82) is 0 Å². The Morgan fingerprint density at radius 3 is 2.38 bits per heavy atom. The maximum Gasteiger partial charge on any atom is 0.258 e. The van der Waals surface area contributed by atoms with Crippen molar-refractivity contribution in [3.05, 3.63) is 65.2 Å². The van der Waals surface area contributed by atoms with Gasteiger partial charge < -0.3 is 25.0 Å². The highest BCUT2D eigenvalue weighted by molar-refractivity contribution is 6.04. The smallest absolute Gasteiger partial charge is 0.258 e. The fourth-order valence-electron chi connectivity index (χ4n) is 3.48. The number of hydrogen-bond acceptors (Lipinski definition) is 7. The number of rotatable bonds is 6. The molecule has 1 aliphatic heterocycles. The number of nitrogens with one attached hydrogen (secondary N) is 2. The number of aromatic nitrogens is 2. The number of benzene rings is 2. The number of carbonyl (C=O) groups excluding carboxylic acids is 1. The molecule has 0 unspecified atom stereocenters. The number of morpholine rings is 1. The number of carbonyl (C=O) groups is 1. The molecule has 0 atom stereocenters. The third-order valence-corrected chi connectivity index (χ3v) is 5.14. The van der Waals surface area contributed by atoms with Crippen LogP contribution >= 0.6 is 0 Å². The van der Waals surface area contributed by atoms with E-state index in [0.717, 1.165) is 26.0 Å². The van der Waals surface area contributed by atoms with Gasteiger partial charge in [-0.1, -0.05) is 0 Å². The first-order valence-electron chi connectivity index (χ1n) is 10.4. The molecule has 2 aromatic carbocycles. The van der Waals surface area contributed by atoms with Gasteiger partial charge in [-0.2, -0.15) is 4.39 Å². The minimum absolute atomic E-state index is 0.325. The van der Waals surface area contributed by atoms with Crippen molar-refractivity contribution in [3.8, 4) is 5.75 Å². The Hall–Kier alpha value is -3.86. The number of halogens is 3. The second-order valence-corrected chi connectivity index (χ2v) is 7.48. The van der Waals surface area contributed by atoms with Gasteiger partial charge >= 0.3 is 0 Å². The quantitative estimate of drug-likeness (QED) is 0.523. The SMILES string of the molecule is COc1c(F)c(F)cc(C(=O)Nc2ccc(Nc3cc(N4CCOCC4)nc(C)n3)cc2)c1F. The largest absolute Gasteiger partial charge is 0.491 e. The van der Waals surface area contributed by atoms with Crippen LogP contribution in [0, 0.1) is 24.4 Å². The molecule has 0 aliphatic carbocycles. The lowest BCUT2D eigenvalue weighted by Crippen LogP contribution is -2.36. The highest BCUT2D eigenvalue weighted by atomic mass is 19.2. The van der Waals surface area contributed by atoms with E-state index >= 15 is 0 Å². The van der Waals surface area contributed by atoms with Crippen LogP contribution in [0.1, 0.15) is 16.2 Å². The van der Waals surface area contributed by atoms with E-state index in [2.05, 4.69) is 30.2 Å². The van der Waals surface area contributed by atoms with E-state index < -0.39 is 34.7 Å². The van der Waals surface area contributed by atoms with Gasteiger partial charge in [-0.25, -0.2) is 18.7 Å². The molecule has 0 spiro atoms. The second-order valence-electron chi connectivity index (χ2n) is 7.48. The molecule has 4 rings (SSSR count). The summed E-state index contributed by atoms with van der Waals surface area (Å²) >= 11 is 0. The van der Waals surface area contributed by atoms with Crippen molar-refractivity contribution in [3.63, 3.8) is 0 Å². The molecular formula is C23H22F3N5O3. The van der Waals surface area contributed by atoms with Crippen molar-refractivity contribution in [2.45, 2.75) is 6.92 Å². The summed E-state index contributed by atoms with van der Waals surface area (Å²) in [5, 5.41) is 5.64. The zero-order valence-electron chi connectivity index (χ0n) is 18.5. The summed E-state index contributed by atoms with van der Waals surface area (Å²) in [6, 6.07) is 8.85. The van der Waals surface area contributed by atoms with Crippen LogP contribution in [0.4, 0.5) is 36.2 Å². The molecule has 1 fully saturated rings. The van der Waals surface area contributed by atoms with Crippen molar-refractivity contribution >= 4 is 28.9 Å². The molecule has 0 saturated carbocycles. The summed E-state index contributed by atoms with van der Waals surface area (Å²) in [4.78, 5) is 23.4. The molecule has 1 amide bonds. The normalized spacial score (nSPS) is 13.5. The number of nitrogens with zero attached hydrogens (tertiary/aromatic N) is 3. The number of methoxy groups -OCH3 is 1. The number of hydrogen-bond donors (Lipinski definition) is 2. The summed E-state index contributed by atoms with van der Waals surface area (Å²) in [5.41, 5.74) is 0.335. The van der Waals surface area contributed by atoms with Crippen molar-refractivity contribution in [2.24, 2.45) is 0 Å². The summed E-state index contributed by atoms with van der Waals surface area (Å²) in [6.07, 6.45) is 0. The monoisotopic (exact) mass is 473 g/mol. The van der Waals surface area contributed by atoms with E-state index in [1.165, 1.54) is 0 Å². The van der Waals surface area contributed by atoms with Crippen molar-refractivity contribution in [2.75, 3.05) is 48.9 Å². The topological polar surface area (TPSA) is 88.6 Å². The zero-order chi connectivity index (χ0) is 24.2. The predicted molar refractivity (Wildman–Crippen MR) is 120 cm³/mol. The van der Waals surface area contributed by atoms with Crippen molar-refractivity contribution in [1.82, 2.24) is 9.97 Å². The standard InChI is InChI=1S/C23H22F3N5O3/c1-13-27-18(12-19(28-13)31-7-9-34-10-8-31)29-14-3-5-15(6-4-14)30-23(32)16-11-17(24)21(26)22(33-2)20(16)25/h3-6,11-12H,7-10H2,1-2H3,(H,30,32)(H,27,28,29). The molecule has 1 aromatic heterocycles. The first-order valence-corrected chi connectivity index (χ1v) is 10.4. The predicted octanol–water partition coefficient (Wildman–Crippen LogP) is 4.04. The van der Waals surface area contributed by atoms with Crippen molar-refractivity contribution < 1.29 is 27.4 Å². The number of anilines is 4. The van der Waals surface area contributed by atoms with Gasteiger partial charge in [-0.15, -0.1) is 0 Å². The van der Waals surface area contributed by atoms with Crippen LogP contribution in [0.3, 0.4) is 0 Å². The third-order valence-electron chi connectivity index (χ3n) is 5.14. The lowest BCUT2D eigenvalue weighted by molar-refractivity contribution is 0.102. The minimum atomic E-state index is -1.50. The van der Waals surface area contributed by atoms with Gasteiger partial charge in [0.15, 0.2) is 17.4 Å². The fraction of sp³-hybridized carbons (Fsp3) is 0.261. The summed E-state index contributed by atoms with van der Waals surface area (Å²) in [5.74, 6) is -4.07. The maximum absolute atomic E-state index is 14.3. The highest BCUT2D eigenvalue weighted by Crippen LogP contribution is 2.28. The van der Waals surface area contributed by atoms with Gasteiger partial charge in [-0.3, -0.25) is 4.79 Å². The van der Waals surface area contributed by atoms with Gasteiger partial charge in [0.1, 0.15) is 17.5 Å². The van der Waals surface area contributed by atoms with E-state index in [9.17, 15) is 18.0 Å². The van der Waals surface area contributed by atoms with E-state index in [-0.39, 0.29) is 0 Å². The van der Waals surface area contributed by atoms with Gasteiger partial charge in [0.05, 0.1) is 25.9 Å². The fourth-order valence-corrected chi connectivity index (χ4v) is 3.48. The first-order chi connectivity index (χ1) is 16.4. The van der Waals surface area contributed by atoms with Crippen LogP contribution in [0.25, 0.3) is 0 Å². The number of amides is 1. The molecule has 2 heterocycles. The van der Waals surface area contributed by atoms with E-state index in [1.807, 2.05) is 6.07 Å². The van der Waals surface area contributed by atoms with E-state index in [0.29, 0.717) is 42.3 Å². The Balaban J connectivity index is 1.47. The van der Waals surface area contributed by atoms with Crippen LogP contribution in [0.15, 0.2) is 36.4 Å². The molecule has 0 radical (unpaired) electrons. The Morgan fingerprint density at radius 2 is 1.71 bits per heavy atom. The molecule has 3 aromatic rings. The van der Waals surface area contributed by atoms with E-state index in [1.54, 1.807) is 31.2 Å². The molecule has 11 heteroatoms. The third kappa shape index (κ3) is 5.04. The number of ether oxygens (including phenoxy) is 2. The van der Waals surface area contributed by atoms with Crippen LogP contribution in [0.2, 0.25) is 0 Å². The summed E-state index contributed by atoms with van der Waals surface area (Å²) in [6.45, 7) is 4.57. The van der Waals surface area contributed by atoms with Crippen LogP contribution < -0.4 is 20.3 Å². The Labute approximate surface area is 193 Å². The molecule has 0 bridgehead atoms. The first kappa shape index (κ1) is 23.3. The molecule has 178 valence electrons. The Bertz CT molecular complexity index is 1200. The molecule has 1 saturated heterocycles. The number of aryl methyl sites for hydroxylation is 1. The lowest BCUT2D eigenvalue weighted by Gasteiger charge is -2.28. The average molecular weight is 473 g/mol. The van der Waals surface area contributed by atoms with E-state index in [4.69, 9.17) is 4.74 Å².